The van der Waals surface area contributed by atoms with Crippen LogP contribution in [0.25, 0.3) is 0 Å². The largest absolute Gasteiger partial charge is 2.00 e. The molecule has 0 bridgehead atoms. The molecule has 128 valence electrons. The van der Waals surface area contributed by atoms with Crippen LogP contribution >= 0.6 is 0 Å². The molecule has 0 unspecified atom stereocenters. The second-order valence-corrected chi connectivity index (χ2v) is 4.23. The Kier molecular flexibility index (Phi) is 101. The van der Waals surface area contributed by atoms with Gasteiger partial charge >= 0.3 is 46.1 Å². The van der Waals surface area contributed by atoms with E-state index < -0.39 is 0 Å². The molecule has 22 heavy (non-hydrogen) atoms. The summed E-state index contributed by atoms with van der Waals surface area (Å²) in [7, 11) is 0. The van der Waals surface area contributed by atoms with E-state index in [1.807, 2.05) is 27.7 Å². The fraction of sp³-hybridized carbons (Fsp3) is 1.00. The Hall–Kier alpha value is 1.37. The van der Waals surface area contributed by atoms with E-state index in [9.17, 15) is 20.4 Å². The minimum Gasteiger partial charge on any atom is -0.854 e. The Balaban J connectivity index is -0.0000000376. The predicted molar refractivity (Wildman–Crippen MR) is 90.6 cm³/mol. The fourth-order valence-electron chi connectivity index (χ4n) is 0.577. The molecule has 0 radical (unpaired) electrons. The van der Waals surface area contributed by atoms with E-state index in [-0.39, 0.29) is 72.5 Å². The minimum atomic E-state index is 0. The quantitative estimate of drug-likeness (QED) is 0.573. The molecule has 0 amide bonds. The van der Waals surface area contributed by atoms with Crippen molar-refractivity contribution in [2.45, 2.75) is 79.1 Å². The molecule has 0 saturated heterocycles. The van der Waals surface area contributed by atoms with Crippen LogP contribution in [0, 0.1) is 0 Å². The predicted octanol–water partition coefficient (Wildman–Crippen LogP) is -0.174. The molecule has 0 spiro atoms. The van der Waals surface area contributed by atoms with Gasteiger partial charge in [0.25, 0.3) is 0 Å². The summed E-state index contributed by atoms with van der Waals surface area (Å²) in [6.07, 6.45) is 7.46. The first kappa shape index (κ1) is 38.8. The maximum atomic E-state index is 9.53. The molecule has 0 saturated carbocycles. The molecular formula is C16H36Mg2O4. The molecule has 0 rings (SSSR count). The molecule has 0 fully saturated rings. The van der Waals surface area contributed by atoms with Gasteiger partial charge in [-0.25, -0.2) is 0 Å². The average molecular weight is 341 g/mol. The maximum Gasteiger partial charge on any atom is 2.00 e. The van der Waals surface area contributed by atoms with Crippen molar-refractivity contribution < 1.29 is 20.4 Å². The van der Waals surface area contributed by atoms with Gasteiger partial charge in [0.1, 0.15) is 0 Å². The maximum absolute atomic E-state index is 9.53. The SMILES string of the molecule is CCCC[O-].CCCC[O-].CCCC[O-].CCCC[O-].[Mg+2].[Mg+2]. The molecule has 0 aromatic carbocycles. The Morgan fingerprint density at radius 3 is 0.545 bits per heavy atom. The van der Waals surface area contributed by atoms with Gasteiger partial charge in [-0.05, 0) is 0 Å². The van der Waals surface area contributed by atoms with Gasteiger partial charge in [-0.15, -0.1) is 26.4 Å². The first-order chi connectivity index (χ1) is 9.66. The third-order valence-corrected chi connectivity index (χ3v) is 1.99. The zero-order chi connectivity index (χ0) is 16.5. The molecule has 0 heterocycles. The van der Waals surface area contributed by atoms with E-state index >= 15 is 0 Å². The van der Waals surface area contributed by atoms with Crippen LogP contribution in [0.15, 0.2) is 0 Å². The Bertz CT molecular complexity index is 78.1. The van der Waals surface area contributed by atoms with Gasteiger partial charge in [0.2, 0.25) is 0 Å². The second kappa shape index (κ2) is 57.1. The molecule has 0 aliphatic rings. The first-order valence-corrected chi connectivity index (χ1v) is 7.98. The summed E-state index contributed by atoms with van der Waals surface area (Å²) in [4.78, 5) is 0. The summed E-state index contributed by atoms with van der Waals surface area (Å²) >= 11 is 0. The zero-order valence-corrected chi connectivity index (χ0v) is 18.4. The molecule has 0 N–H and O–H groups in total. The third-order valence-electron chi connectivity index (χ3n) is 1.99. The summed E-state index contributed by atoms with van der Waals surface area (Å²) in [6, 6.07) is 0. The van der Waals surface area contributed by atoms with Crippen LogP contribution < -0.4 is 20.4 Å². The van der Waals surface area contributed by atoms with E-state index in [2.05, 4.69) is 0 Å². The van der Waals surface area contributed by atoms with Gasteiger partial charge in [0.05, 0.1) is 0 Å². The normalized spacial score (nSPS) is 7.64. The van der Waals surface area contributed by atoms with Crippen molar-refractivity contribution in [2.75, 3.05) is 26.4 Å². The van der Waals surface area contributed by atoms with Gasteiger partial charge in [-0.3, -0.25) is 0 Å². The number of hydrogen-bond donors (Lipinski definition) is 0. The Morgan fingerprint density at radius 2 is 0.545 bits per heavy atom. The van der Waals surface area contributed by atoms with E-state index in [1.54, 1.807) is 0 Å². The van der Waals surface area contributed by atoms with E-state index in [1.165, 1.54) is 0 Å². The summed E-state index contributed by atoms with van der Waals surface area (Å²) < 4.78 is 0. The van der Waals surface area contributed by atoms with Crippen molar-refractivity contribution in [3.05, 3.63) is 0 Å². The van der Waals surface area contributed by atoms with Crippen molar-refractivity contribution >= 4 is 46.1 Å². The molecule has 0 aliphatic heterocycles. The van der Waals surface area contributed by atoms with Crippen molar-refractivity contribution in [2.24, 2.45) is 0 Å². The van der Waals surface area contributed by atoms with Gasteiger partial charge in [-0.1, -0.05) is 79.1 Å². The van der Waals surface area contributed by atoms with E-state index in [0.29, 0.717) is 0 Å². The molecule has 0 aliphatic carbocycles. The van der Waals surface area contributed by atoms with Crippen LogP contribution in [0.1, 0.15) is 79.1 Å². The summed E-state index contributed by atoms with van der Waals surface area (Å²) in [5.41, 5.74) is 0. The number of unbranched alkanes of at least 4 members (excludes halogenated alkanes) is 4. The molecule has 0 atom stereocenters. The van der Waals surface area contributed by atoms with E-state index in [4.69, 9.17) is 0 Å². The van der Waals surface area contributed by atoms with Crippen LogP contribution in [-0.2, 0) is 0 Å². The van der Waals surface area contributed by atoms with Crippen LogP contribution in [0.2, 0.25) is 0 Å². The smallest absolute Gasteiger partial charge is 0.854 e. The van der Waals surface area contributed by atoms with Crippen molar-refractivity contribution in [1.82, 2.24) is 0 Å². The fourth-order valence-corrected chi connectivity index (χ4v) is 0.577. The summed E-state index contributed by atoms with van der Waals surface area (Å²) in [5, 5.41) is 38.1. The molecule has 0 aromatic rings. The monoisotopic (exact) mass is 340 g/mol. The minimum absolute atomic E-state index is 0. The van der Waals surface area contributed by atoms with Gasteiger partial charge < -0.3 is 20.4 Å². The van der Waals surface area contributed by atoms with Crippen LogP contribution in [0.5, 0.6) is 0 Å². The summed E-state index contributed by atoms with van der Waals surface area (Å²) in [5.74, 6) is 0. The van der Waals surface area contributed by atoms with Gasteiger partial charge in [0.15, 0.2) is 0 Å². The van der Waals surface area contributed by atoms with Crippen molar-refractivity contribution in [3.63, 3.8) is 0 Å². The average Bonchev–Trinajstić information content (AvgIpc) is 2.44. The number of rotatable bonds is 8. The molecule has 6 heteroatoms. The topological polar surface area (TPSA) is 92.2 Å². The number of hydrogen-bond acceptors (Lipinski definition) is 4. The third kappa shape index (κ3) is 101. The Labute approximate surface area is 171 Å². The van der Waals surface area contributed by atoms with Crippen LogP contribution in [-0.4, -0.2) is 72.5 Å². The molecule has 0 aromatic heterocycles. The van der Waals surface area contributed by atoms with Crippen LogP contribution in [0.4, 0.5) is 0 Å². The summed E-state index contributed by atoms with van der Waals surface area (Å²) in [6.45, 7) is 8.42. The first-order valence-electron chi connectivity index (χ1n) is 7.98. The van der Waals surface area contributed by atoms with Crippen molar-refractivity contribution in [3.8, 4) is 0 Å². The van der Waals surface area contributed by atoms with Gasteiger partial charge in [0, 0.05) is 0 Å². The standard InChI is InChI=1S/4C4H9O.2Mg/c4*1-2-3-4-5;;/h4*2-4H2,1H3;;/q4*-1;2*+2. The second-order valence-electron chi connectivity index (χ2n) is 4.23. The van der Waals surface area contributed by atoms with Gasteiger partial charge in [-0.2, -0.15) is 0 Å². The van der Waals surface area contributed by atoms with Crippen molar-refractivity contribution in [1.29, 1.82) is 0 Å². The molecular weight excluding hydrogens is 305 g/mol. The zero-order valence-electron chi connectivity index (χ0n) is 15.5. The Morgan fingerprint density at radius 1 is 0.409 bits per heavy atom. The van der Waals surface area contributed by atoms with E-state index in [0.717, 1.165) is 51.4 Å². The molecule has 4 nitrogen and oxygen atoms in total. The van der Waals surface area contributed by atoms with Crippen LogP contribution in [0.3, 0.4) is 0 Å².